The van der Waals surface area contributed by atoms with E-state index in [4.69, 9.17) is 0 Å². The molecular formula is C14H17BF3K. The summed E-state index contributed by atoms with van der Waals surface area (Å²) in [6.07, 6.45) is 0.972. The largest absolute Gasteiger partial charge is 1.00 e. The first-order valence-corrected chi connectivity index (χ1v) is 6.58. The maximum absolute atomic E-state index is 12.8. The van der Waals surface area contributed by atoms with Crippen LogP contribution in [0.5, 0.6) is 0 Å². The second-order valence-electron chi connectivity index (χ2n) is 6.52. The third-order valence-electron chi connectivity index (χ3n) is 4.96. The Bertz CT molecular complexity index is 459. The van der Waals surface area contributed by atoms with Gasteiger partial charge in [0.25, 0.3) is 0 Å². The summed E-state index contributed by atoms with van der Waals surface area (Å²) in [5.74, 6) is 0.469. The molecule has 5 heteroatoms. The zero-order valence-corrected chi connectivity index (χ0v) is 14.8. The van der Waals surface area contributed by atoms with E-state index in [1.54, 1.807) is 0 Å². The summed E-state index contributed by atoms with van der Waals surface area (Å²) >= 11 is 0. The van der Waals surface area contributed by atoms with Crippen molar-refractivity contribution < 1.29 is 64.3 Å². The monoisotopic (exact) mass is 292 g/mol. The van der Waals surface area contributed by atoms with Crippen LogP contribution in [0.4, 0.5) is 12.9 Å². The van der Waals surface area contributed by atoms with Crippen LogP contribution in [0.3, 0.4) is 0 Å². The van der Waals surface area contributed by atoms with E-state index in [1.807, 2.05) is 12.1 Å². The van der Waals surface area contributed by atoms with Crippen molar-refractivity contribution in [2.45, 2.75) is 49.8 Å². The number of hydrogen-bond acceptors (Lipinski definition) is 0. The van der Waals surface area contributed by atoms with Crippen LogP contribution in [0.15, 0.2) is 24.3 Å². The van der Waals surface area contributed by atoms with Crippen LogP contribution in [0.1, 0.15) is 50.2 Å². The molecule has 0 saturated heterocycles. The van der Waals surface area contributed by atoms with Gasteiger partial charge in [0.1, 0.15) is 0 Å². The molecule has 1 aromatic rings. The van der Waals surface area contributed by atoms with Crippen molar-refractivity contribution in [2.75, 3.05) is 0 Å². The van der Waals surface area contributed by atoms with Crippen LogP contribution in [-0.2, 0) is 5.41 Å². The molecule has 3 aliphatic rings. The summed E-state index contributed by atoms with van der Waals surface area (Å²) < 4.78 is 38.5. The van der Waals surface area contributed by atoms with Gasteiger partial charge in [-0.05, 0) is 22.5 Å². The number of rotatable bonds is 3. The Hall–Kier alpha value is 0.711. The number of halogens is 3. The molecule has 1 aromatic carbocycles. The zero-order chi connectivity index (χ0) is 13.2. The van der Waals surface area contributed by atoms with Gasteiger partial charge in [-0.1, -0.05) is 62.7 Å². The first-order chi connectivity index (χ1) is 8.28. The molecule has 0 heterocycles. The van der Waals surface area contributed by atoms with Crippen molar-refractivity contribution in [2.24, 2.45) is 0 Å². The Labute approximate surface area is 155 Å². The average Bonchev–Trinajstić information content (AvgIpc) is 2.11. The molecule has 2 bridgehead atoms. The van der Waals surface area contributed by atoms with Crippen molar-refractivity contribution in [1.82, 2.24) is 0 Å². The van der Waals surface area contributed by atoms with Crippen LogP contribution in [-0.4, -0.2) is 6.98 Å². The summed E-state index contributed by atoms with van der Waals surface area (Å²) in [5, 5.41) is -1.28. The summed E-state index contributed by atoms with van der Waals surface area (Å²) in [6.45, 7) is -0.408. The van der Waals surface area contributed by atoms with Crippen LogP contribution in [0, 0.1) is 0 Å². The minimum absolute atomic E-state index is 0. The Kier molecular flexibility index (Phi) is 4.12. The van der Waals surface area contributed by atoms with E-state index in [2.05, 4.69) is 26.0 Å². The van der Waals surface area contributed by atoms with Gasteiger partial charge in [-0.2, -0.15) is 0 Å². The van der Waals surface area contributed by atoms with Gasteiger partial charge < -0.3 is 12.9 Å². The first kappa shape index (κ1) is 16.1. The Morgan fingerprint density at radius 3 is 1.84 bits per heavy atom. The SMILES string of the molecule is CC(C)c1ccc(C23CC([B-](F)(F)F)(C2)C3)cc1.[K+]. The molecule has 3 saturated carbocycles. The summed E-state index contributed by atoms with van der Waals surface area (Å²) in [6, 6.07) is 8.18. The zero-order valence-electron chi connectivity index (χ0n) is 11.7. The second kappa shape index (κ2) is 4.87. The maximum atomic E-state index is 12.8. The molecule has 19 heavy (non-hydrogen) atoms. The van der Waals surface area contributed by atoms with Crippen molar-refractivity contribution >= 4 is 6.98 Å². The number of benzene rings is 1. The van der Waals surface area contributed by atoms with Gasteiger partial charge in [-0.15, -0.1) is 0 Å². The molecular weight excluding hydrogens is 275 g/mol. The van der Waals surface area contributed by atoms with Gasteiger partial charge >= 0.3 is 58.4 Å². The second-order valence-corrected chi connectivity index (χ2v) is 6.52. The maximum Gasteiger partial charge on any atom is 1.00 e. The molecule has 4 rings (SSSR count). The molecule has 0 aliphatic heterocycles. The average molecular weight is 292 g/mol. The van der Waals surface area contributed by atoms with E-state index in [0.29, 0.717) is 25.2 Å². The van der Waals surface area contributed by atoms with E-state index in [0.717, 1.165) is 5.56 Å². The summed E-state index contributed by atoms with van der Waals surface area (Å²) in [5.41, 5.74) is 2.21. The fourth-order valence-corrected chi connectivity index (χ4v) is 3.74. The summed E-state index contributed by atoms with van der Waals surface area (Å²) in [7, 11) is 0. The van der Waals surface area contributed by atoms with Gasteiger partial charge in [0.15, 0.2) is 0 Å². The van der Waals surface area contributed by atoms with Crippen LogP contribution in [0.25, 0.3) is 0 Å². The standard InChI is InChI=1S/C14H17BF3.K/c1-10(2)11-3-5-12(6-4-11)13-7-14(8-13,9-13)15(16,17)18;/h3-6,10H,7-9H2,1-2H3;/q-1;+1. The fraction of sp³-hybridized carbons (Fsp3) is 0.571. The third kappa shape index (κ3) is 2.30. The fourth-order valence-electron chi connectivity index (χ4n) is 3.74. The van der Waals surface area contributed by atoms with Crippen molar-refractivity contribution in [3.05, 3.63) is 35.4 Å². The molecule has 0 atom stereocenters. The summed E-state index contributed by atoms with van der Waals surface area (Å²) in [4.78, 5) is 0. The molecule has 3 aliphatic carbocycles. The van der Waals surface area contributed by atoms with Gasteiger partial charge in [0.2, 0.25) is 0 Å². The van der Waals surface area contributed by atoms with E-state index in [-0.39, 0.29) is 56.8 Å². The van der Waals surface area contributed by atoms with Gasteiger partial charge in [0, 0.05) is 0 Å². The minimum Gasteiger partial charge on any atom is -0.449 e. The molecule has 0 unspecified atom stereocenters. The Morgan fingerprint density at radius 1 is 1.00 bits per heavy atom. The van der Waals surface area contributed by atoms with E-state index in [9.17, 15) is 12.9 Å². The predicted molar refractivity (Wildman–Crippen MR) is 67.8 cm³/mol. The van der Waals surface area contributed by atoms with Crippen molar-refractivity contribution in [1.29, 1.82) is 0 Å². The molecule has 0 radical (unpaired) electrons. The van der Waals surface area contributed by atoms with E-state index >= 15 is 0 Å². The molecule has 0 N–H and O–H groups in total. The quantitative estimate of drug-likeness (QED) is 0.746. The molecule has 0 aromatic heterocycles. The molecule has 0 amide bonds. The van der Waals surface area contributed by atoms with Crippen molar-refractivity contribution in [3.8, 4) is 0 Å². The predicted octanol–water partition coefficient (Wildman–Crippen LogP) is 1.84. The normalized spacial score (nSPS) is 32.3. The minimum atomic E-state index is -4.65. The van der Waals surface area contributed by atoms with Crippen molar-refractivity contribution in [3.63, 3.8) is 0 Å². The number of hydrogen-bond donors (Lipinski definition) is 0. The Morgan fingerprint density at radius 2 is 1.47 bits per heavy atom. The van der Waals surface area contributed by atoms with Crippen LogP contribution < -0.4 is 51.4 Å². The first-order valence-electron chi connectivity index (χ1n) is 6.58. The molecule has 3 fully saturated rings. The molecule has 0 nitrogen and oxygen atoms in total. The van der Waals surface area contributed by atoms with Crippen LogP contribution in [0.2, 0.25) is 5.31 Å². The topological polar surface area (TPSA) is 0 Å². The van der Waals surface area contributed by atoms with E-state index < -0.39 is 12.3 Å². The smallest absolute Gasteiger partial charge is 0.449 e. The Balaban J connectivity index is 0.00000133. The van der Waals surface area contributed by atoms with Gasteiger partial charge in [0.05, 0.1) is 0 Å². The van der Waals surface area contributed by atoms with Gasteiger partial charge in [-0.3, -0.25) is 0 Å². The van der Waals surface area contributed by atoms with Gasteiger partial charge in [-0.25, -0.2) is 0 Å². The molecule has 98 valence electrons. The van der Waals surface area contributed by atoms with Crippen LogP contribution >= 0.6 is 0 Å². The van der Waals surface area contributed by atoms with E-state index in [1.165, 1.54) is 5.56 Å². The third-order valence-corrected chi connectivity index (χ3v) is 4.96. The molecule has 0 spiro atoms.